The van der Waals surface area contributed by atoms with E-state index >= 15 is 0 Å². The lowest BCUT2D eigenvalue weighted by Gasteiger charge is -2.62. The highest BCUT2D eigenvalue weighted by atomic mass is 16.8. The molecule has 4 aliphatic carbocycles. The quantitative estimate of drug-likeness (QED) is 0.265. The number of fused-ring (bicyclic) bond motifs is 8. The first kappa shape index (κ1) is 32.1. The molecule has 7 rings (SSSR count). The largest absolute Gasteiger partial charge is 0.462 e. The second-order valence-electron chi connectivity index (χ2n) is 14.4. The molecule has 2 saturated heterocycles. The number of ketones is 1. The van der Waals surface area contributed by atoms with Crippen molar-refractivity contribution in [1.29, 1.82) is 0 Å². The summed E-state index contributed by atoms with van der Waals surface area (Å²) in [6, 6.07) is 2.71. The monoisotopic (exact) mass is 646 g/mol. The fourth-order valence-electron chi connectivity index (χ4n) is 10.2. The Morgan fingerprint density at radius 2 is 1.80 bits per heavy atom. The summed E-state index contributed by atoms with van der Waals surface area (Å²) in [4.78, 5) is 38.6. The molecule has 252 valence electrons. The van der Waals surface area contributed by atoms with Crippen LogP contribution in [0.5, 0.6) is 0 Å². The van der Waals surface area contributed by atoms with Crippen molar-refractivity contribution in [1.82, 2.24) is 0 Å². The fourth-order valence-corrected chi connectivity index (χ4v) is 10.2. The summed E-state index contributed by atoms with van der Waals surface area (Å²) in [6.07, 6.45) is -4.43. The number of methoxy groups -OCH3 is 1. The van der Waals surface area contributed by atoms with Crippen molar-refractivity contribution in [2.75, 3.05) is 7.11 Å². The average molecular weight is 647 g/mol. The van der Waals surface area contributed by atoms with Gasteiger partial charge in [-0.3, -0.25) is 9.59 Å². The van der Waals surface area contributed by atoms with Gasteiger partial charge < -0.3 is 48.5 Å². The smallest absolute Gasteiger partial charge is 0.335 e. The molecule has 2 bridgehead atoms. The first-order chi connectivity index (χ1) is 21.6. The predicted octanol–water partition coefficient (Wildman–Crippen LogP) is 0.696. The van der Waals surface area contributed by atoms with E-state index in [0.717, 1.165) is 5.57 Å². The lowest BCUT2D eigenvalue weighted by Crippen LogP contribution is -2.70. The molecule has 13 nitrogen and oxygen atoms in total. The van der Waals surface area contributed by atoms with Crippen LogP contribution in [0.4, 0.5) is 0 Å². The normalized spacial score (nSPS) is 51.1. The maximum absolute atomic E-state index is 14.6. The number of allylic oxidation sites excluding steroid dienone is 1. The zero-order valence-electron chi connectivity index (χ0n) is 26.5. The van der Waals surface area contributed by atoms with Gasteiger partial charge in [-0.1, -0.05) is 18.6 Å². The first-order valence-electron chi connectivity index (χ1n) is 15.9. The number of Topliss-reactive ketones (excluding diaryl/α,β-unsaturated/α-hetero) is 1. The van der Waals surface area contributed by atoms with E-state index in [1.165, 1.54) is 32.4 Å². The van der Waals surface area contributed by atoms with E-state index in [0.29, 0.717) is 18.4 Å². The molecule has 15 unspecified atom stereocenters. The second-order valence-corrected chi connectivity index (χ2v) is 14.4. The van der Waals surface area contributed by atoms with Crippen LogP contribution in [0.3, 0.4) is 0 Å². The molecule has 13 heteroatoms. The van der Waals surface area contributed by atoms with Crippen LogP contribution in [0.15, 0.2) is 39.3 Å². The topological polar surface area (TPSA) is 191 Å². The first-order valence-corrected chi connectivity index (χ1v) is 15.9. The zero-order chi connectivity index (χ0) is 33.1. The van der Waals surface area contributed by atoms with Crippen LogP contribution < -0.4 is 5.63 Å². The van der Waals surface area contributed by atoms with E-state index in [9.17, 15) is 34.8 Å². The molecule has 6 aliphatic rings. The van der Waals surface area contributed by atoms with Crippen LogP contribution >= 0.6 is 0 Å². The average Bonchev–Trinajstić information content (AvgIpc) is 3.18. The third-order valence-corrected chi connectivity index (χ3v) is 12.3. The van der Waals surface area contributed by atoms with Gasteiger partial charge in [-0.2, -0.15) is 0 Å². The van der Waals surface area contributed by atoms with Gasteiger partial charge in [0.15, 0.2) is 18.2 Å². The van der Waals surface area contributed by atoms with Gasteiger partial charge in [-0.15, -0.1) is 0 Å². The lowest BCUT2D eigenvalue weighted by molar-refractivity contribution is -0.388. The highest BCUT2D eigenvalue weighted by Crippen LogP contribution is 2.69. The van der Waals surface area contributed by atoms with Crippen molar-refractivity contribution in [2.24, 2.45) is 22.7 Å². The molecule has 46 heavy (non-hydrogen) atoms. The Morgan fingerprint density at radius 3 is 2.46 bits per heavy atom. The minimum atomic E-state index is -1.85. The Morgan fingerprint density at radius 1 is 1.07 bits per heavy atom. The molecule has 0 amide bonds. The van der Waals surface area contributed by atoms with Crippen molar-refractivity contribution in [2.45, 2.75) is 120 Å². The number of esters is 1. The lowest BCUT2D eigenvalue weighted by atomic mass is 9.43. The summed E-state index contributed by atoms with van der Waals surface area (Å²) in [5.74, 6) is -5.30. The third-order valence-electron chi connectivity index (χ3n) is 12.3. The Bertz CT molecular complexity index is 1500. The van der Waals surface area contributed by atoms with Crippen molar-refractivity contribution in [3.63, 3.8) is 0 Å². The van der Waals surface area contributed by atoms with Gasteiger partial charge in [0.2, 0.25) is 5.79 Å². The molecule has 1 aromatic heterocycles. The van der Waals surface area contributed by atoms with Gasteiger partial charge in [-0.05, 0) is 56.1 Å². The molecular weight excluding hydrogens is 604 g/mol. The molecule has 1 aromatic rings. The van der Waals surface area contributed by atoms with Crippen LogP contribution in [0, 0.1) is 22.7 Å². The predicted molar refractivity (Wildman–Crippen MR) is 155 cm³/mol. The van der Waals surface area contributed by atoms with Gasteiger partial charge in [0.1, 0.15) is 24.4 Å². The number of hydrogen-bond acceptors (Lipinski definition) is 13. The Kier molecular flexibility index (Phi) is 7.32. The SMILES string of the molecule is COC12OC3CC4(C)C(=CC3OC(OC(C)C1O)C2O)CCC1C4C(O)C(=O)C2(C)C(c3ccc(=O)oc3)C(OC(C)=O)CC12O. The van der Waals surface area contributed by atoms with Gasteiger partial charge in [-0.25, -0.2) is 4.79 Å². The molecule has 5 fully saturated rings. The number of aliphatic hydroxyl groups excluding tert-OH is 3. The van der Waals surface area contributed by atoms with E-state index in [-0.39, 0.29) is 12.8 Å². The number of hydrogen-bond donors (Lipinski definition) is 4. The minimum Gasteiger partial charge on any atom is -0.462 e. The summed E-state index contributed by atoms with van der Waals surface area (Å²) in [5, 5.41) is 47.1. The summed E-state index contributed by atoms with van der Waals surface area (Å²) < 4.78 is 35.0. The van der Waals surface area contributed by atoms with E-state index in [4.69, 9.17) is 28.1 Å². The maximum Gasteiger partial charge on any atom is 0.335 e. The summed E-state index contributed by atoms with van der Waals surface area (Å²) in [7, 11) is 1.33. The van der Waals surface area contributed by atoms with E-state index in [2.05, 4.69) is 0 Å². The van der Waals surface area contributed by atoms with Gasteiger partial charge in [0.05, 0.1) is 29.5 Å². The molecule has 15 atom stereocenters. The highest BCUT2D eigenvalue weighted by Gasteiger charge is 2.76. The highest BCUT2D eigenvalue weighted by molar-refractivity contribution is 5.93. The number of rotatable bonds is 3. The Hall–Kier alpha value is -2.49. The second kappa shape index (κ2) is 10.5. The Labute approximate surface area is 265 Å². The van der Waals surface area contributed by atoms with E-state index < -0.39 is 106 Å². The van der Waals surface area contributed by atoms with E-state index in [1.807, 2.05) is 13.0 Å². The maximum atomic E-state index is 14.6. The number of carbonyl (C=O) groups is 2. The van der Waals surface area contributed by atoms with Crippen LogP contribution in [0.25, 0.3) is 0 Å². The zero-order valence-corrected chi connectivity index (χ0v) is 26.5. The molecule has 4 N–H and O–H groups in total. The van der Waals surface area contributed by atoms with Gasteiger partial charge >= 0.3 is 11.6 Å². The van der Waals surface area contributed by atoms with Gasteiger partial charge in [0.25, 0.3) is 0 Å². The Balaban J connectivity index is 1.30. The van der Waals surface area contributed by atoms with Crippen LogP contribution in [-0.4, -0.2) is 99.7 Å². The van der Waals surface area contributed by atoms with Crippen LogP contribution in [-0.2, 0) is 33.3 Å². The van der Waals surface area contributed by atoms with Crippen molar-refractivity contribution < 1.29 is 58.1 Å². The number of ether oxygens (including phenoxy) is 5. The number of carbonyl (C=O) groups excluding carboxylic acids is 2. The molecule has 0 aromatic carbocycles. The van der Waals surface area contributed by atoms with Crippen LogP contribution in [0.2, 0.25) is 0 Å². The molecule has 3 saturated carbocycles. The van der Waals surface area contributed by atoms with Crippen molar-refractivity contribution >= 4 is 11.8 Å². The molecular formula is C33H42O13. The third kappa shape index (κ3) is 4.06. The summed E-state index contributed by atoms with van der Waals surface area (Å²) in [5.41, 5.74) is -3.46. The van der Waals surface area contributed by atoms with Crippen molar-refractivity contribution in [3.05, 3.63) is 46.0 Å². The van der Waals surface area contributed by atoms with Crippen molar-refractivity contribution in [3.8, 4) is 0 Å². The van der Waals surface area contributed by atoms with E-state index in [1.54, 1.807) is 13.8 Å². The number of aliphatic hydroxyl groups is 4. The molecule has 2 aliphatic heterocycles. The molecule has 0 spiro atoms. The molecule has 0 radical (unpaired) electrons. The fraction of sp³-hybridized carbons (Fsp3) is 0.727. The summed E-state index contributed by atoms with van der Waals surface area (Å²) >= 11 is 0. The minimum absolute atomic E-state index is 0.0601. The standard InChI is InChI=1S/C33H42O13/c1-14-26(37)33(41-5)28(39)29(43-14)45-19-10-17-7-8-18-24(30(17,3)11-20(19)46-33)25(36)27(38)31(4)23(16-6-9-22(35)42-13-16)21(44-15(2)34)12-32(18,31)40/h6,9-10,13-14,18-21,23-26,28-29,36-37,39-40H,7-8,11-12H2,1-5H3. The van der Waals surface area contributed by atoms with Crippen LogP contribution in [0.1, 0.15) is 64.9 Å². The molecule has 3 heterocycles. The van der Waals surface area contributed by atoms with Gasteiger partial charge in [0, 0.05) is 38.4 Å². The summed E-state index contributed by atoms with van der Waals surface area (Å²) in [6.45, 7) is 6.42.